The molecule has 0 aliphatic heterocycles. The molecule has 8 heteroatoms. The number of thiophene rings is 1. The van der Waals surface area contributed by atoms with Crippen molar-refractivity contribution >= 4 is 33.0 Å². The van der Waals surface area contributed by atoms with Gasteiger partial charge in [-0.3, -0.25) is 0 Å². The first-order valence-corrected chi connectivity index (χ1v) is 8.13. The van der Waals surface area contributed by atoms with Gasteiger partial charge in [-0.15, -0.1) is 11.3 Å². The van der Waals surface area contributed by atoms with Gasteiger partial charge in [0.2, 0.25) is 10.0 Å². The highest BCUT2D eigenvalue weighted by Gasteiger charge is 2.21. The van der Waals surface area contributed by atoms with Crippen LogP contribution >= 0.6 is 22.9 Å². The molecule has 0 fully saturated rings. The third-order valence-corrected chi connectivity index (χ3v) is 5.57. The molecular weight excluding hydrogens is 318 g/mol. The zero-order valence-electron chi connectivity index (χ0n) is 10.4. The van der Waals surface area contributed by atoms with E-state index in [0.29, 0.717) is 4.34 Å². The first-order valence-electron chi connectivity index (χ1n) is 5.50. The molecule has 0 radical (unpaired) electrons. The number of sulfonamides is 1. The van der Waals surface area contributed by atoms with Gasteiger partial charge in [-0.25, -0.2) is 13.4 Å². The van der Waals surface area contributed by atoms with E-state index in [4.69, 9.17) is 16.9 Å². The average molecular weight is 328 g/mol. The van der Waals surface area contributed by atoms with Gasteiger partial charge in [-0.2, -0.15) is 9.57 Å². The third kappa shape index (κ3) is 3.16. The van der Waals surface area contributed by atoms with Crippen LogP contribution in [0.3, 0.4) is 0 Å². The second-order valence-electron chi connectivity index (χ2n) is 3.96. The predicted molar refractivity (Wildman–Crippen MR) is 76.9 cm³/mol. The van der Waals surface area contributed by atoms with Crippen LogP contribution in [0.15, 0.2) is 35.4 Å². The van der Waals surface area contributed by atoms with E-state index >= 15 is 0 Å². The Morgan fingerprint density at radius 2 is 2.15 bits per heavy atom. The number of halogens is 1. The summed E-state index contributed by atoms with van der Waals surface area (Å²) in [6, 6.07) is 8.11. The molecule has 2 heterocycles. The quantitative estimate of drug-likeness (QED) is 0.864. The SMILES string of the molecule is CN(Cc1ccc(Cl)s1)S(=O)(=O)c1ccc(C#N)nc1. The van der Waals surface area contributed by atoms with Crippen molar-refractivity contribution in [3.63, 3.8) is 0 Å². The van der Waals surface area contributed by atoms with Crippen molar-refractivity contribution in [1.29, 1.82) is 5.26 Å². The second-order valence-corrected chi connectivity index (χ2v) is 7.80. The van der Waals surface area contributed by atoms with Crippen LogP contribution in [0.1, 0.15) is 10.6 Å². The molecule has 0 amide bonds. The van der Waals surface area contributed by atoms with E-state index in [1.807, 2.05) is 6.07 Å². The number of nitriles is 1. The van der Waals surface area contributed by atoms with E-state index in [2.05, 4.69) is 4.98 Å². The van der Waals surface area contributed by atoms with Gasteiger partial charge in [0.15, 0.2) is 0 Å². The molecule has 20 heavy (non-hydrogen) atoms. The Kier molecular flexibility index (Phi) is 4.40. The van der Waals surface area contributed by atoms with Crippen LogP contribution < -0.4 is 0 Å². The zero-order chi connectivity index (χ0) is 14.8. The molecule has 0 unspecified atom stereocenters. The molecule has 2 aromatic heterocycles. The van der Waals surface area contributed by atoms with Crippen molar-refractivity contribution in [3.05, 3.63) is 45.4 Å². The van der Waals surface area contributed by atoms with E-state index in [0.717, 1.165) is 4.88 Å². The summed E-state index contributed by atoms with van der Waals surface area (Å²) in [5.41, 5.74) is 0.177. The lowest BCUT2D eigenvalue weighted by Gasteiger charge is -2.15. The largest absolute Gasteiger partial charge is 0.244 e. The minimum absolute atomic E-state index is 0.0571. The van der Waals surface area contributed by atoms with Crippen LogP contribution in [0.2, 0.25) is 4.34 Å². The standard InChI is InChI=1S/C12H10ClN3O2S2/c1-16(8-10-3-5-12(13)19-10)20(17,18)11-4-2-9(6-14)15-7-11/h2-5,7H,8H2,1H3. The van der Waals surface area contributed by atoms with Crippen LogP contribution in [0.4, 0.5) is 0 Å². The lowest BCUT2D eigenvalue weighted by Crippen LogP contribution is -2.26. The molecule has 0 aliphatic rings. The summed E-state index contributed by atoms with van der Waals surface area (Å²) in [6.45, 7) is 0.236. The van der Waals surface area contributed by atoms with Crippen LogP contribution in [0.25, 0.3) is 0 Å². The Bertz CT molecular complexity index is 748. The summed E-state index contributed by atoms with van der Waals surface area (Å²) in [6.07, 6.45) is 1.19. The number of hydrogen-bond donors (Lipinski definition) is 0. The molecule has 0 aromatic carbocycles. The van der Waals surface area contributed by atoms with Gasteiger partial charge >= 0.3 is 0 Å². The highest BCUT2D eigenvalue weighted by atomic mass is 35.5. The highest BCUT2D eigenvalue weighted by molar-refractivity contribution is 7.89. The lowest BCUT2D eigenvalue weighted by atomic mass is 10.4. The van der Waals surface area contributed by atoms with Gasteiger partial charge < -0.3 is 0 Å². The minimum atomic E-state index is -3.63. The summed E-state index contributed by atoms with van der Waals surface area (Å²) in [7, 11) is -2.14. The summed E-state index contributed by atoms with van der Waals surface area (Å²) in [4.78, 5) is 4.68. The van der Waals surface area contributed by atoms with Crippen molar-refractivity contribution in [2.45, 2.75) is 11.4 Å². The third-order valence-electron chi connectivity index (χ3n) is 2.57. The Labute approximate surface area is 126 Å². The Hall–Kier alpha value is -1.46. The van der Waals surface area contributed by atoms with Crippen LogP contribution in [0.5, 0.6) is 0 Å². The van der Waals surface area contributed by atoms with Gasteiger partial charge in [0.05, 0.1) is 4.34 Å². The second kappa shape index (κ2) is 5.89. The molecule has 2 rings (SSSR count). The Balaban J connectivity index is 2.22. The van der Waals surface area contributed by atoms with Crippen molar-refractivity contribution < 1.29 is 8.42 Å². The van der Waals surface area contributed by atoms with Gasteiger partial charge in [0.25, 0.3) is 0 Å². The maximum absolute atomic E-state index is 12.3. The molecule has 5 nitrogen and oxygen atoms in total. The number of aromatic nitrogens is 1. The van der Waals surface area contributed by atoms with Crippen molar-refractivity contribution in [1.82, 2.24) is 9.29 Å². The monoisotopic (exact) mass is 327 g/mol. The maximum Gasteiger partial charge on any atom is 0.244 e. The molecule has 0 spiro atoms. The van der Waals surface area contributed by atoms with Crippen molar-refractivity contribution in [3.8, 4) is 6.07 Å². The summed E-state index contributed by atoms with van der Waals surface area (Å²) >= 11 is 7.15. The average Bonchev–Trinajstić information content (AvgIpc) is 2.84. The van der Waals surface area contributed by atoms with Gasteiger partial charge in [-0.05, 0) is 24.3 Å². The van der Waals surface area contributed by atoms with Gasteiger partial charge in [0, 0.05) is 24.7 Å². The normalized spacial score (nSPS) is 11.5. The van der Waals surface area contributed by atoms with Crippen molar-refractivity contribution in [2.75, 3.05) is 7.05 Å². The van der Waals surface area contributed by atoms with E-state index in [-0.39, 0.29) is 17.1 Å². The molecule has 0 aliphatic carbocycles. The molecule has 0 bridgehead atoms. The summed E-state index contributed by atoms with van der Waals surface area (Å²) in [5.74, 6) is 0. The van der Waals surface area contributed by atoms with Gasteiger partial charge in [0.1, 0.15) is 16.7 Å². The van der Waals surface area contributed by atoms with Gasteiger partial charge in [-0.1, -0.05) is 11.6 Å². The summed E-state index contributed by atoms with van der Waals surface area (Å²) in [5, 5.41) is 8.65. The topological polar surface area (TPSA) is 74.1 Å². The fourth-order valence-electron chi connectivity index (χ4n) is 1.52. The van der Waals surface area contributed by atoms with E-state index in [1.165, 1.54) is 41.0 Å². The van der Waals surface area contributed by atoms with Crippen LogP contribution in [0, 0.1) is 11.3 Å². The van der Waals surface area contributed by atoms with E-state index < -0.39 is 10.0 Å². The molecule has 2 aromatic rings. The number of nitrogens with zero attached hydrogens (tertiary/aromatic N) is 3. The molecule has 0 saturated carbocycles. The fourth-order valence-corrected chi connectivity index (χ4v) is 3.84. The maximum atomic E-state index is 12.3. The molecule has 104 valence electrons. The predicted octanol–water partition coefficient (Wildman–Crippen LogP) is 2.49. The number of rotatable bonds is 4. The van der Waals surface area contributed by atoms with Crippen LogP contribution in [-0.2, 0) is 16.6 Å². The smallest absolute Gasteiger partial charge is 0.244 e. The van der Waals surface area contributed by atoms with Crippen LogP contribution in [-0.4, -0.2) is 24.8 Å². The first kappa shape index (κ1) is 14.9. The molecular formula is C12H10ClN3O2S2. The highest BCUT2D eigenvalue weighted by Crippen LogP contribution is 2.24. The Morgan fingerprint density at radius 3 is 2.65 bits per heavy atom. The fraction of sp³-hybridized carbons (Fsp3) is 0.167. The first-order chi connectivity index (χ1) is 9.43. The molecule has 0 atom stereocenters. The lowest BCUT2D eigenvalue weighted by molar-refractivity contribution is 0.469. The zero-order valence-corrected chi connectivity index (χ0v) is 12.8. The molecule has 0 saturated heterocycles. The molecule has 0 N–H and O–H groups in total. The van der Waals surface area contributed by atoms with Crippen molar-refractivity contribution in [2.24, 2.45) is 0 Å². The summed E-state index contributed by atoms with van der Waals surface area (Å²) < 4.78 is 26.5. The Morgan fingerprint density at radius 1 is 1.40 bits per heavy atom. The number of pyridine rings is 1. The number of hydrogen-bond acceptors (Lipinski definition) is 5. The minimum Gasteiger partial charge on any atom is -0.244 e. The van der Waals surface area contributed by atoms with E-state index in [9.17, 15) is 8.42 Å². The van der Waals surface area contributed by atoms with E-state index in [1.54, 1.807) is 12.1 Å².